The predicted octanol–water partition coefficient (Wildman–Crippen LogP) is -0.181. The highest BCUT2D eigenvalue weighted by Crippen LogP contribution is 2.14. The van der Waals surface area contributed by atoms with Gasteiger partial charge in [-0.3, -0.25) is 9.59 Å². The normalized spacial score (nSPS) is 11.0. The molecular weight excluding hydrogens is 212 g/mol. The minimum Gasteiger partial charge on any atom is -0.356 e. The minimum absolute atomic E-state index is 0.249. The zero-order chi connectivity index (χ0) is 11.1. The molecule has 7 nitrogen and oxygen atoms in total. The molecule has 0 unspecified atom stereocenters. The van der Waals surface area contributed by atoms with Gasteiger partial charge in [-0.2, -0.15) is 0 Å². The predicted molar refractivity (Wildman–Crippen MR) is 54.0 cm³/mol. The van der Waals surface area contributed by atoms with E-state index < -0.39 is 5.56 Å². The maximum atomic E-state index is 11.5. The molecule has 2 aromatic heterocycles. The molecule has 0 amide bonds. The number of hydrogen-bond donors (Lipinski definition) is 1. The number of nitrogens with zero attached hydrogens (tertiary/aromatic N) is 3. The monoisotopic (exact) mass is 216 g/mol. The van der Waals surface area contributed by atoms with Crippen LogP contribution in [0.4, 0.5) is 0 Å². The maximum Gasteiger partial charge on any atom is 0.275 e. The van der Waals surface area contributed by atoms with Gasteiger partial charge in [-0.15, -0.1) is 5.10 Å². The number of aromatic nitrogens is 4. The van der Waals surface area contributed by atoms with Gasteiger partial charge in [0, 0.05) is 0 Å². The number of nitrogens with one attached hydrogen (secondary N) is 1. The van der Waals surface area contributed by atoms with Crippen molar-refractivity contribution >= 4 is 21.9 Å². The molecule has 2 heterocycles. The Kier molecular flexibility index (Phi) is 1.61. The fourth-order valence-electron chi connectivity index (χ4n) is 1.49. The summed E-state index contributed by atoms with van der Waals surface area (Å²) in [5.41, 5.74) is -0.0862. The van der Waals surface area contributed by atoms with Crippen molar-refractivity contribution in [1.82, 2.24) is 20.6 Å². The lowest BCUT2D eigenvalue weighted by Gasteiger charge is -1.96. The number of rotatable bonds is 0. The van der Waals surface area contributed by atoms with Crippen LogP contribution in [0.5, 0.6) is 0 Å². The lowest BCUT2D eigenvalue weighted by atomic mass is 10.2. The Morgan fingerprint density at radius 2 is 2.06 bits per heavy atom. The van der Waals surface area contributed by atoms with Crippen LogP contribution in [0.3, 0.4) is 0 Å². The third-order valence-corrected chi connectivity index (χ3v) is 2.24. The SMILES string of the molecule is O=c1[nH]nnc2cc3c(=O)cnoc3cc12. The topological polar surface area (TPSA) is 102 Å². The van der Waals surface area contributed by atoms with Gasteiger partial charge in [-0.1, -0.05) is 10.4 Å². The number of hydrogen-bond acceptors (Lipinski definition) is 6. The molecule has 78 valence electrons. The standard InChI is InChI=1S/C9H4N4O3/c14-7-3-10-16-8-2-4-6(1-5(7)8)11-13-12-9(4)15/h1-3H,(H,11,12,15). The second-order valence-corrected chi connectivity index (χ2v) is 3.20. The van der Waals surface area contributed by atoms with E-state index in [-0.39, 0.29) is 11.0 Å². The van der Waals surface area contributed by atoms with E-state index in [1.807, 2.05) is 0 Å². The summed E-state index contributed by atoms with van der Waals surface area (Å²) in [6, 6.07) is 2.88. The molecule has 0 aliphatic rings. The summed E-state index contributed by atoms with van der Waals surface area (Å²) < 4.78 is 4.90. The van der Waals surface area contributed by atoms with Crippen LogP contribution >= 0.6 is 0 Å². The molecule has 0 bridgehead atoms. The summed E-state index contributed by atoms with van der Waals surface area (Å²) in [6.45, 7) is 0. The van der Waals surface area contributed by atoms with E-state index >= 15 is 0 Å². The zero-order valence-electron chi connectivity index (χ0n) is 7.80. The Bertz CT molecular complexity index is 735. The molecule has 0 aliphatic carbocycles. The van der Waals surface area contributed by atoms with Crippen LogP contribution in [0.2, 0.25) is 0 Å². The molecule has 7 heteroatoms. The van der Waals surface area contributed by atoms with Crippen molar-refractivity contribution < 1.29 is 4.52 Å². The zero-order valence-corrected chi connectivity index (χ0v) is 7.80. The van der Waals surface area contributed by atoms with Crippen LogP contribution in [0.15, 0.2) is 32.4 Å². The molecule has 0 aliphatic heterocycles. The van der Waals surface area contributed by atoms with Crippen LogP contribution in [-0.2, 0) is 0 Å². The molecule has 3 rings (SSSR count). The second kappa shape index (κ2) is 2.96. The van der Waals surface area contributed by atoms with Crippen molar-refractivity contribution in [3.05, 3.63) is 38.9 Å². The molecule has 1 aromatic carbocycles. The van der Waals surface area contributed by atoms with Gasteiger partial charge >= 0.3 is 0 Å². The average molecular weight is 216 g/mol. The van der Waals surface area contributed by atoms with Crippen molar-refractivity contribution in [2.75, 3.05) is 0 Å². The second-order valence-electron chi connectivity index (χ2n) is 3.20. The number of aromatic amines is 1. The lowest BCUT2D eigenvalue weighted by molar-refractivity contribution is 0.440. The summed E-state index contributed by atoms with van der Waals surface area (Å²) in [5.74, 6) is 0. The Morgan fingerprint density at radius 3 is 2.94 bits per heavy atom. The summed E-state index contributed by atoms with van der Waals surface area (Å²) in [7, 11) is 0. The summed E-state index contributed by atoms with van der Waals surface area (Å²) in [6.07, 6.45) is 1.06. The van der Waals surface area contributed by atoms with Crippen LogP contribution < -0.4 is 11.0 Å². The van der Waals surface area contributed by atoms with Gasteiger partial charge < -0.3 is 4.52 Å². The Morgan fingerprint density at radius 1 is 1.19 bits per heavy atom. The van der Waals surface area contributed by atoms with Gasteiger partial charge in [0.1, 0.15) is 11.7 Å². The highest BCUT2D eigenvalue weighted by molar-refractivity contribution is 5.92. The molecule has 16 heavy (non-hydrogen) atoms. The number of H-pyrrole nitrogens is 1. The highest BCUT2D eigenvalue weighted by atomic mass is 16.5. The van der Waals surface area contributed by atoms with Gasteiger partial charge in [0.15, 0.2) is 5.58 Å². The lowest BCUT2D eigenvalue weighted by Crippen LogP contribution is -2.10. The van der Waals surface area contributed by atoms with Crippen molar-refractivity contribution in [3.8, 4) is 0 Å². The molecule has 0 atom stereocenters. The smallest absolute Gasteiger partial charge is 0.275 e. The summed E-state index contributed by atoms with van der Waals surface area (Å²) in [5, 5.41) is 13.4. The molecule has 0 saturated heterocycles. The van der Waals surface area contributed by atoms with Crippen LogP contribution in [0.25, 0.3) is 21.9 Å². The molecule has 1 N–H and O–H groups in total. The fraction of sp³-hybridized carbons (Fsp3) is 0. The highest BCUT2D eigenvalue weighted by Gasteiger charge is 2.07. The van der Waals surface area contributed by atoms with Gasteiger partial charge in [0.25, 0.3) is 5.56 Å². The van der Waals surface area contributed by atoms with Crippen molar-refractivity contribution in [3.63, 3.8) is 0 Å². The molecule has 0 spiro atoms. The van der Waals surface area contributed by atoms with E-state index in [2.05, 4.69) is 20.6 Å². The Hall–Kier alpha value is -2.57. The number of fused-ring (bicyclic) bond motifs is 2. The van der Waals surface area contributed by atoms with E-state index in [1.54, 1.807) is 0 Å². The van der Waals surface area contributed by atoms with E-state index in [9.17, 15) is 9.59 Å². The van der Waals surface area contributed by atoms with Crippen molar-refractivity contribution in [1.29, 1.82) is 0 Å². The molecule has 3 aromatic rings. The van der Waals surface area contributed by atoms with E-state index in [0.717, 1.165) is 6.20 Å². The third-order valence-electron chi connectivity index (χ3n) is 2.24. The fourth-order valence-corrected chi connectivity index (χ4v) is 1.49. The van der Waals surface area contributed by atoms with Gasteiger partial charge in [0.05, 0.1) is 10.8 Å². The Labute approximate surface area is 86.7 Å². The molecule has 0 saturated carbocycles. The van der Waals surface area contributed by atoms with Crippen molar-refractivity contribution in [2.45, 2.75) is 0 Å². The van der Waals surface area contributed by atoms with Crippen LogP contribution in [-0.4, -0.2) is 20.6 Å². The first-order valence-corrected chi connectivity index (χ1v) is 4.39. The van der Waals surface area contributed by atoms with Gasteiger partial charge in [-0.25, -0.2) is 5.10 Å². The quantitative estimate of drug-likeness (QED) is 0.523. The van der Waals surface area contributed by atoms with Gasteiger partial charge in [-0.05, 0) is 12.1 Å². The first-order chi connectivity index (χ1) is 7.75. The van der Waals surface area contributed by atoms with Crippen molar-refractivity contribution in [2.24, 2.45) is 0 Å². The first kappa shape index (κ1) is 8.72. The average Bonchev–Trinajstić information content (AvgIpc) is 2.29. The van der Waals surface area contributed by atoms with Crippen LogP contribution in [0.1, 0.15) is 0 Å². The summed E-state index contributed by atoms with van der Waals surface area (Å²) in [4.78, 5) is 22.9. The van der Waals surface area contributed by atoms with Gasteiger partial charge in [0.2, 0.25) is 5.43 Å². The van der Waals surface area contributed by atoms with Crippen LogP contribution in [0, 0.1) is 0 Å². The van der Waals surface area contributed by atoms with E-state index in [4.69, 9.17) is 4.52 Å². The third kappa shape index (κ3) is 1.11. The Balaban J connectivity index is 2.65. The summed E-state index contributed by atoms with van der Waals surface area (Å²) >= 11 is 0. The molecule has 0 radical (unpaired) electrons. The number of benzene rings is 1. The molecule has 0 fully saturated rings. The minimum atomic E-state index is -0.390. The first-order valence-electron chi connectivity index (χ1n) is 4.39. The largest absolute Gasteiger partial charge is 0.356 e. The molecular formula is C9H4N4O3. The maximum absolute atomic E-state index is 11.5. The van der Waals surface area contributed by atoms with E-state index in [0.29, 0.717) is 16.3 Å². The van der Waals surface area contributed by atoms with E-state index in [1.165, 1.54) is 12.1 Å².